The summed E-state index contributed by atoms with van der Waals surface area (Å²) in [7, 11) is 0. The molecule has 2 unspecified atom stereocenters. The van der Waals surface area contributed by atoms with Crippen molar-refractivity contribution in [2.75, 3.05) is 31.5 Å². The largest absolute Gasteiger partial charge is 0.489 e. The second-order valence-corrected chi connectivity index (χ2v) is 7.62. The summed E-state index contributed by atoms with van der Waals surface area (Å²) < 4.78 is 19.2. The molecule has 3 rings (SSSR count). The SMILES string of the molecule is CCNc1cccc(OC(C)CN2CCC(C(O)c3ccc(F)cc3)CC2)c1. The second-order valence-electron chi connectivity index (χ2n) is 7.62. The summed E-state index contributed by atoms with van der Waals surface area (Å²) in [4.78, 5) is 2.40. The Hall–Kier alpha value is -2.11. The lowest BCUT2D eigenvalue weighted by Crippen LogP contribution is -2.40. The van der Waals surface area contributed by atoms with Gasteiger partial charge >= 0.3 is 0 Å². The number of likely N-dealkylation sites (tertiary alicyclic amines) is 1. The molecule has 0 aliphatic carbocycles. The zero-order valence-corrected chi connectivity index (χ0v) is 16.8. The van der Waals surface area contributed by atoms with Crippen molar-refractivity contribution in [3.8, 4) is 5.75 Å². The normalized spacial score (nSPS) is 17.9. The Labute approximate surface area is 167 Å². The first-order chi connectivity index (χ1) is 13.5. The number of anilines is 1. The number of piperidine rings is 1. The molecule has 1 aliphatic heterocycles. The molecule has 0 spiro atoms. The highest BCUT2D eigenvalue weighted by atomic mass is 19.1. The Morgan fingerprint density at radius 1 is 1.18 bits per heavy atom. The number of rotatable bonds is 8. The minimum Gasteiger partial charge on any atom is -0.489 e. The molecule has 0 saturated carbocycles. The number of benzene rings is 2. The fraction of sp³-hybridized carbons (Fsp3) is 0.478. The van der Waals surface area contributed by atoms with E-state index in [1.54, 1.807) is 12.1 Å². The summed E-state index contributed by atoms with van der Waals surface area (Å²) in [6.07, 6.45) is 1.43. The first-order valence-electron chi connectivity index (χ1n) is 10.2. The van der Waals surface area contributed by atoms with Gasteiger partial charge in [-0.1, -0.05) is 18.2 Å². The Balaban J connectivity index is 1.46. The van der Waals surface area contributed by atoms with Crippen LogP contribution in [0, 0.1) is 11.7 Å². The van der Waals surface area contributed by atoms with E-state index in [2.05, 4.69) is 24.1 Å². The van der Waals surface area contributed by atoms with E-state index in [1.165, 1.54) is 12.1 Å². The van der Waals surface area contributed by atoms with E-state index in [1.807, 2.05) is 24.3 Å². The van der Waals surface area contributed by atoms with Crippen LogP contribution in [-0.2, 0) is 0 Å². The predicted octanol–water partition coefficient (Wildman–Crippen LogP) is 4.47. The van der Waals surface area contributed by atoms with Crippen LogP contribution in [-0.4, -0.2) is 42.3 Å². The monoisotopic (exact) mass is 386 g/mol. The van der Waals surface area contributed by atoms with Crippen LogP contribution in [0.3, 0.4) is 0 Å². The van der Waals surface area contributed by atoms with Gasteiger partial charge < -0.3 is 15.2 Å². The van der Waals surface area contributed by atoms with E-state index >= 15 is 0 Å². The molecule has 5 heteroatoms. The Morgan fingerprint density at radius 2 is 1.89 bits per heavy atom. The number of nitrogens with zero attached hydrogens (tertiary/aromatic N) is 1. The topological polar surface area (TPSA) is 44.7 Å². The first kappa shape index (κ1) is 20.6. The average Bonchev–Trinajstić information content (AvgIpc) is 2.69. The van der Waals surface area contributed by atoms with Crippen molar-refractivity contribution >= 4 is 5.69 Å². The molecule has 2 N–H and O–H groups in total. The van der Waals surface area contributed by atoms with Gasteiger partial charge in [-0.15, -0.1) is 0 Å². The molecule has 0 amide bonds. The number of aliphatic hydroxyl groups excluding tert-OH is 1. The van der Waals surface area contributed by atoms with Crippen LogP contribution in [0.5, 0.6) is 5.75 Å². The highest BCUT2D eigenvalue weighted by molar-refractivity contribution is 5.48. The van der Waals surface area contributed by atoms with E-state index in [0.29, 0.717) is 0 Å². The molecule has 1 fully saturated rings. The Morgan fingerprint density at radius 3 is 2.57 bits per heavy atom. The van der Waals surface area contributed by atoms with Crippen LogP contribution in [0.15, 0.2) is 48.5 Å². The van der Waals surface area contributed by atoms with Crippen molar-refractivity contribution in [2.24, 2.45) is 5.92 Å². The third-order valence-corrected chi connectivity index (χ3v) is 5.36. The third-order valence-electron chi connectivity index (χ3n) is 5.36. The van der Waals surface area contributed by atoms with Crippen LogP contribution >= 0.6 is 0 Å². The summed E-state index contributed by atoms with van der Waals surface area (Å²) in [5, 5.41) is 13.9. The van der Waals surface area contributed by atoms with Gasteiger partial charge in [-0.3, -0.25) is 4.90 Å². The summed E-state index contributed by atoms with van der Waals surface area (Å²) in [6.45, 7) is 7.80. The summed E-state index contributed by atoms with van der Waals surface area (Å²) in [5.41, 5.74) is 1.87. The van der Waals surface area contributed by atoms with E-state index in [-0.39, 0.29) is 17.8 Å². The number of ether oxygens (including phenoxy) is 1. The summed E-state index contributed by atoms with van der Waals surface area (Å²) in [6, 6.07) is 14.3. The molecule has 0 radical (unpaired) electrons. The molecule has 2 atom stereocenters. The molecule has 1 aliphatic rings. The minimum atomic E-state index is -0.523. The van der Waals surface area contributed by atoms with Gasteiger partial charge in [0, 0.05) is 24.8 Å². The van der Waals surface area contributed by atoms with Crippen LogP contribution < -0.4 is 10.1 Å². The lowest BCUT2D eigenvalue weighted by molar-refractivity contribution is 0.0469. The van der Waals surface area contributed by atoms with E-state index in [4.69, 9.17) is 4.74 Å². The molecule has 28 heavy (non-hydrogen) atoms. The zero-order valence-electron chi connectivity index (χ0n) is 16.8. The Bertz CT molecular complexity index is 730. The predicted molar refractivity (Wildman–Crippen MR) is 111 cm³/mol. The van der Waals surface area contributed by atoms with Gasteiger partial charge in [0.1, 0.15) is 17.7 Å². The van der Waals surface area contributed by atoms with E-state index < -0.39 is 6.10 Å². The number of nitrogens with one attached hydrogen (secondary N) is 1. The van der Waals surface area contributed by atoms with Crippen molar-refractivity contribution in [1.82, 2.24) is 4.90 Å². The van der Waals surface area contributed by atoms with Crippen molar-refractivity contribution < 1.29 is 14.2 Å². The summed E-state index contributed by atoms with van der Waals surface area (Å²) >= 11 is 0. The quantitative estimate of drug-likeness (QED) is 0.703. The standard InChI is InChI=1S/C23H31FN2O2/c1-3-25-21-5-4-6-22(15-21)28-17(2)16-26-13-11-19(12-14-26)23(27)18-7-9-20(24)10-8-18/h4-10,15,17,19,23,25,27H,3,11-14,16H2,1-2H3. The van der Waals surface area contributed by atoms with Gasteiger partial charge in [0.2, 0.25) is 0 Å². The van der Waals surface area contributed by atoms with Crippen molar-refractivity contribution in [1.29, 1.82) is 0 Å². The second kappa shape index (κ2) is 9.89. The molecule has 4 nitrogen and oxygen atoms in total. The van der Waals surface area contributed by atoms with Crippen LogP contribution in [0.1, 0.15) is 38.4 Å². The van der Waals surface area contributed by atoms with Gasteiger partial charge in [-0.25, -0.2) is 4.39 Å². The molecule has 1 heterocycles. The van der Waals surface area contributed by atoms with Crippen LogP contribution in [0.4, 0.5) is 10.1 Å². The molecule has 2 aromatic carbocycles. The minimum absolute atomic E-state index is 0.0930. The average molecular weight is 387 g/mol. The van der Waals surface area contributed by atoms with Crippen LogP contribution in [0.2, 0.25) is 0 Å². The maximum atomic E-state index is 13.1. The van der Waals surface area contributed by atoms with Crippen LogP contribution in [0.25, 0.3) is 0 Å². The fourth-order valence-electron chi connectivity index (χ4n) is 3.90. The zero-order chi connectivity index (χ0) is 19.9. The summed E-state index contributed by atoms with van der Waals surface area (Å²) in [5.74, 6) is 0.832. The van der Waals surface area contributed by atoms with Crippen molar-refractivity contribution in [3.05, 3.63) is 59.9 Å². The molecule has 0 aromatic heterocycles. The maximum absolute atomic E-state index is 13.1. The Kier molecular flexibility index (Phi) is 7.29. The first-order valence-corrected chi connectivity index (χ1v) is 10.2. The molecule has 2 aromatic rings. The molecular weight excluding hydrogens is 355 g/mol. The molecular formula is C23H31FN2O2. The molecule has 1 saturated heterocycles. The van der Waals surface area contributed by atoms with Crippen molar-refractivity contribution in [3.63, 3.8) is 0 Å². The highest BCUT2D eigenvalue weighted by Crippen LogP contribution is 2.31. The lowest BCUT2D eigenvalue weighted by Gasteiger charge is -2.35. The number of hydrogen-bond donors (Lipinski definition) is 2. The highest BCUT2D eigenvalue weighted by Gasteiger charge is 2.27. The van der Waals surface area contributed by atoms with E-state index in [0.717, 1.165) is 56.0 Å². The molecule has 152 valence electrons. The lowest BCUT2D eigenvalue weighted by atomic mass is 9.87. The number of hydrogen-bond acceptors (Lipinski definition) is 4. The third kappa shape index (κ3) is 5.69. The van der Waals surface area contributed by atoms with Crippen molar-refractivity contribution in [2.45, 2.75) is 38.9 Å². The molecule has 0 bridgehead atoms. The number of halogens is 1. The van der Waals surface area contributed by atoms with Gasteiger partial charge in [0.15, 0.2) is 0 Å². The van der Waals surface area contributed by atoms with Gasteiger partial charge in [0.25, 0.3) is 0 Å². The van der Waals surface area contributed by atoms with E-state index in [9.17, 15) is 9.50 Å². The fourth-order valence-corrected chi connectivity index (χ4v) is 3.90. The smallest absolute Gasteiger partial charge is 0.123 e. The van der Waals surface area contributed by atoms with Gasteiger partial charge in [0.05, 0.1) is 6.10 Å². The van der Waals surface area contributed by atoms with Gasteiger partial charge in [-0.2, -0.15) is 0 Å². The van der Waals surface area contributed by atoms with Gasteiger partial charge in [-0.05, 0) is 75.5 Å². The number of aliphatic hydroxyl groups is 1. The maximum Gasteiger partial charge on any atom is 0.123 e.